The fourth-order valence-corrected chi connectivity index (χ4v) is 2.41. The van der Waals surface area contributed by atoms with Gasteiger partial charge in [-0.1, -0.05) is 17.7 Å². The Morgan fingerprint density at radius 1 is 1.20 bits per heavy atom. The predicted octanol–water partition coefficient (Wildman–Crippen LogP) is 2.09. The second kappa shape index (κ2) is 8.02. The number of nitrogens with one attached hydrogen (secondary N) is 2. The van der Waals surface area contributed by atoms with Gasteiger partial charge in [-0.05, 0) is 65.5 Å². The zero-order chi connectivity index (χ0) is 15.1. The number of hydrogen-bond donors (Lipinski definition) is 2. The molecule has 112 valence electrons. The first-order chi connectivity index (χ1) is 9.43. The van der Waals surface area contributed by atoms with Gasteiger partial charge in [-0.25, -0.2) is 0 Å². The van der Waals surface area contributed by atoms with Crippen LogP contribution in [0.5, 0.6) is 0 Å². The number of rotatable bonds is 7. The molecule has 0 saturated carbocycles. The SMILES string of the molecule is CNCCCN(C)CC(=O)Nc1c(C)cc(C)cc1C. The Kier molecular flexibility index (Phi) is 6.68. The number of nitrogens with zero attached hydrogens (tertiary/aromatic N) is 1. The Bertz CT molecular complexity index is 434. The molecule has 0 fully saturated rings. The predicted molar refractivity (Wildman–Crippen MR) is 85.3 cm³/mol. The minimum atomic E-state index is 0.0482. The molecule has 0 aliphatic heterocycles. The maximum atomic E-state index is 12.1. The van der Waals surface area contributed by atoms with Gasteiger partial charge in [-0.3, -0.25) is 9.69 Å². The van der Waals surface area contributed by atoms with E-state index in [1.165, 1.54) is 5.56 Å². The molecular weight excluding hydrogens is 250 g/mol. The van der Waals surface area contributed by atoms with Gasteiger partial charge >= 0.3 is 0 Å². The zero-order valence-electron chi connectivity index (χ0n) is 13.3. The Morgan fingerprint density at radius 2 is 1.80 bits per heavy atom. The Labute approximate surface area is 122 Å². The fraction of sp³-hybridized carbons (Fsp3) is 0.562. The van der Waals surface area contributed by atoms with Crippen molar-refractivity contribution in [2.24, 2.45) is 0 Å². The molecule has 0 aliphatic carbocycles. The van der Waals surface area contributed by atoms with E-state index in [1.807, 2.05) is 32.8 Å². The summed E-state index contributed by atoms with van der Waals surface area (Å²) in [6, 6.07) is 4.19. The topological polar surface area (TPSA) is 44.4 Å². The lowest BCUT2D eigenvalue weighted by atomic mass is 10.1. The van der Waals surface area contributed by atoms with Gasteiger partial charge in [0, 0.05) is 5.69 Å². The molecule has 0 radical (unpaired) electrons. The highest BCUT2D eigenvalue weighted by Gasteiger charge is 2.10. The van der Waals surface area contributed by atoms with Crippen LogP contribution in [0.1, 0.15) is 23.1 Å². The zero-order valence-corrected chi connectivity index (χ0v) is 13.3. The molecule has 1 aromatic carbocycles. The average molecular weight is 277 g/mol. The lowest BCUT2D eigenvalue weighted by Gasteiger charge is -2.18. The van der Waals surface area contributed by atoms with Crippen molar-refractivity contribution in [3.05, 3.63) is 28.8 Å². The number of aryl methyl sites for hydroxylation is 3. The number of carbonyl (C=O) groups is 1. The summed E-state index contributed by atoms with van der Waals surface area (Å²) in [6.45, 7) is 8.46. The summed E-state index contributed by atoms with van der Waals surface area (Å²) in [5, 5.41) is 6.14. The lowest BCUT2D eigenvalue weighted by Crippen LogP contribution is -2.32. The van der Waals surface area contributed by atoms with Crippen LogP contribution < -0.4 is 10.6 Å². The number of carbonyl (C=O) groups excluding carboxylic acids is 1. The molecule has 1 rings (SSSR count). The van der Waals surface area contributed by atoms with Crippen LogP contribution in [0.3, 0.4) is 0 Å². The van der Waals surface area contributed by atoms with Crippen molar-refractivity contribution in [2.75, 3.05) is 39.0 Å². The maximum absolute atomic E-state index is 12.1. The van der Waals surface area contributed by atoms with Crippen LogP contribution >= 0.6 is 0 Å². The number of hydrogen-bond acceptors (Lipinski definition) is 3. The molecule has 4 heteroatoms. The van der Waals surface area contributed by atoms with E-state index in [0.717, 1.165) is 36.3 Å². The maximum Gasteiger partial charge on any atom is 0.238 e. The van der Waals surface area contributed by atoms with Crippen LogP contribution in [0.2, 0.25) is 0 Å². The monoisotopic (exact) mass is 277 g/mol. The largest absolute Gasteiger partial charge is 0.324 e. The molecule has 0 unspecified atom stereocenters. The van der Waals surface area contributed by atoms with Gasteiger partial charge in [-0.15, -0.1) is 0 Å². The summed E-state index contributed by atoms with van der Waals surface area (Å²) in [7, 11) is 3.92. The Balaban J connectivity index is 2.54. The van der Waals surface area contributed by atoms with Crippen molar-refractivity contribution < 1.29 is 4.79 Å². The molecule has 0 spiro atoms. The smallest absolute Gasteiger partial charge is 0.238 e. The number of anilines is 1. The molecule has 0 saturated heterocycles. The van der Waals surface area contributed by atoms with E-state index in [0.29, 0.717) is 6.54 Å². The van der Waals surface area contributed by atoms with Gasteiger partial charge < -0.3 is 10.6 Å². The highest BCUT2D eigenvalue weighted by molar-refractivity contribution is 5.93. The first-order valence-corrected chi connectivity index (χ1v) is 7.15. The summed E-state index contributed by atoms with van der Waals surface area (Å²) in [5.41, 5.74) is 4.41. The standard InChI is InChI=1S/C16H27N3O/c1-12-9-13(2)16(14(3)10-12)18-15(20)11-19(5)8-6-7-17-4/h9-10,17H,6-8,11H2,1-5H3,(H,18,20). The number of benzene rings is 1. The van der Waals surface area contributed by atoms with Crippen LogP contribution in [-0.4, -0.2) is 44.5 Å². The van der Waals surface area contributed by atoms with Crippen LogP contribution in [0.4, 0.5) is 5.69 Å². The molecule has 1 aromatic rings. The minimum absolute atomic E-state index is 0.0482. The van der Waals surface area contributed by atoms with Gasteiger partial charge in [0.2, 0.25) is 5.91 Å². The van der Waals surface area contributed by atoms with E-state index in [4.69, 9.17) is 0 Å². The van der Waals surface area contributed by atoms with Crippen LogP contribution in [0.25, 0.3) is 0 Å². The molecule has 20 heavy (non-hydrogen) atoms. The molecule has 0 heterocycles. The Morgan fingerprint density at radius 3 is 2.35 bits per heavy atom. The molecule has 0 aliphatic rings. The van der Waals surface area contributed by atoms with Crippen molar-refractivity contribution in [2.45, 2.75) is 27.2 Å². The van der Waals surface area contributed by atoms with Crippen molar-refractivity contribution in [3.8, 4) is 0 Å². The van der Waals surface area contributed by atoms with Gasteiger partial charge in [0.05, 0.1) is 6.54 Å². The minimum Gasteiger partial charge on any atom is -0.324 e. The second-order valence-corrected chi connectivity index (χ2v) is 5.52. The van der Waals surface area contributed by atoms with Crippen LogP contribution in [-0.2, 0) is 4.79 Å². The lowest BCUT2D eigenvalue weighted by molar-refractivity contribution is -0.117. The van der Waals surface area contributed by atoms with Gasteiger partial charge in [0.25, 0.3) is 0 Å². The highest BCUT2D eigenvalue weighted by Crippen LogP contribution is 2.21. The third-order valence-corrected chi connectivity index (χ3v) is 3.32. The average Bonchev–Trinajstić information content (AvgIpc) is 2.34. The van der Waals surface area contributed by atoms with Crippen LogP contribution in [0.15, 0.2) is 12.1 Å². The van der Waals surface area contributed by atoms with E-state index in [-0.39, 0.29) is 5.91 Å². The summed E-state index contributed by atoms with van der Waals surface area (Å²) >= 11 is 0. The van der Waals surface area contributed by atoms with E-state index in [9.17, 15) is 4.79 Å². The molecule has 0 bridgehead atoms. The normalized spacial score (nSPS) is 10.9. The van der Waals surface area contributed by atoms with Crippen molar-refractivity contribution in [3.63, 3.8) is 0 Å². The second-order valence-electron chi connectivity index (χ2n) is 5.52. The molecule has 2 N–H and O–H groups in total. The van der Waals surface area contributed by atoms with Crippen molar-refractivity contribution in [1.82, 2.24) is 10.2 Å². The van der Waals surface area contributed by atoms with Gasteiger partial charge in [0.15, 0.2) is 0 Å². The van der Waals surface area contributed by atoms with Gasteiger partial charge in [-0.2, -0.15) is 0 Å². The molecule has 0 atom stereocenters. The third-order valence-electron chi connectivity index (χ3n) is 3.32. The van der Waals surface area contributed by atoms with Crippen molar-refractivity contribution >= 4 is 11.6 Å². The molecule has 4 nitrogen and oxygen atoms in total. The van der Waals surface area contributed by atoms with E-state index in [1.54, 1.807) is 0 Å². The highest BCUT2D eigenvalue weighted by atomic mass is 16.2. The Hall–Kier alpha value is -1.39. The van der Waals surface area contributed by atoms with E-state index >= 15 is 0 Å². The fourth-order valence-electron chi connectivity index (χ4n) is 2.41. The summed E-state index contributed by atoms with van der Waals surface area (Å²) in [6.07, 6.45) is 1.04. The summed E-state index contributed by atoms with van der Waals surface area (Å²) in [4.78, 5) is 14.1. The quantitative estimate of drug-likeness (QED) is 0.750. The molecule has 1 amide bonds. The first kappa shape index (κ1) is 16.7. The number of amides is 1. The molecular formula is C16H27N3O. The van der Waals surface area contributed by atoms with Crippen LogP contribution in [0, 0.1) is 20.8 Å². The van der Waals surface area contributed by atoms with Crippen molar-refractivity contribution in [1.29, 1.82) is 0 Å². The number of likely N-dealkylation sites (N-methyl/N-ethyl adjacent to an activating group) is 1. The van der Waals surface area contributed by atoms with Gasteiger partial charge in [0.1, 0.15) is 0 Å². The summed E-state index contributed by atoms with van der Waals surface area (Å²) < 4.78 is 0. The first-order valence-electron chi connectivity index (χ1n) is 7.15. The third kappa shape index (κ3) is 5.31. The molecule has 0 aromatic heterocycles. The van der Waals surface area contributed by atoms with E-state index < -0.39 is 0 Å². The van der Waals surface area contributed by atoms with E-state index in [2.05, 4.69) is 29.7 Å². The summed E-state index contributed by atoms with van der Waals surface area (Å²) in [5.74, 6) is 0.0482.